The molecule has 2 amide bonds. The minimum absolute atomic E-state index is 0.329. The van der Waals surface area contributed by atoms with Gasteiger partial charge in [0.15, 0.2) is 0 Å². The van der Waals surface area contributed by atoms with E-state index < -0.39 is 0 Å². The van der Waals surface area contributed by atoms with Crippen molar-refractivity contribution in [2.45, 2.75) is 6.42 Å². The van der Waals surface area contributed by atoms with Crippen molar-refractivity contribution >= 4 is 17.8 Å². The first-order chi connectivity index (χ1) is 7.51. The fourth-order valence-corrected chi connectivity index (χ4v) is 0.758. The molecule has 5 heteroatoms. The van der Waals surface area contributed by atoms with Crippen LogP contribution in [0.2, 0.25) is 0 Å². The van der Waals surface area contributed by atoms with E-state index in [4.69, 9.17) is 0 Å². The van der Waals surface area contributed by atoms with Gasteiger partial charge in [0.05, 0.1) is 7.11 Å². The Morgan fingerprint density at radius 2 is 1.94 bits per heavy atom. The van der Waals surface area contributed by atoms with Crippen molar-refractivity contribution < 1.29 is 19.1 Å². The van der Waals surface area contributed by atoms with Gasteiger partial charge in [0.25, 0.3) is 11.8 Å². The van der Waals surface area contributed by atoms with Gasteiger partial charge in [0, 0.05) is 17.7 Å². The summed E-state index contributed by atoms with van der Waals surface area (Å²) in [4.78, 5) is 30.6. The van der Waals surface area contributed by atoms with E-state index in [1.165, 1.54) is 19.3 Å². The van der Waals surface area contributed by atoms with Gasteiger partial charge in [-0.15, -0.1) is 6.58 Å². The minimum atomic E-state index is -0.366. The molecule has 86 valence electrons. The number of amides is 2. The van der Waals surface area contributed by atoms with Crippen LogP contribution in [0.3, 0.4) is 0 Å². The van der Waals surface area contributed by atoms with Crippen molar-refractivity contribution in [2.75, 3.05) is 7.11 Å². The molecule has 0 aliphatic carbocycles. The van der Waals surface area contributed by atoms with Crippen molar-refractivity contribution in [3.8, 4) is 0 Å². The van der Waals surface area contributed by atoms with Gasteiger partial charge in [-0.2, -0.15) is 0 Å². The van der Waals surface area contributed by atoms with Crippen LogP contribution in [-0.4, -0.2) is 24.9 Å². The van der Waals surface area contributed by atoms with Gasteiger partial charge in [0.2, 0.25) is 0 Å². The number of allylic oxidation sites excluding steroid dienone is 1. The number of rotatable bonds is 3. The first-order valence-corrected chi connectivity index (χ1v) is 4.41. The Balaban J connectivity index is 0.000000288. The minimum Gasteiger partial charge on any atom is -0.466 e. The van der Waals surface area contributed by atoms with E-state index >= 15 is 0 Å². The second-order valence-corrected chi connectivity index (χ2v) is 2.77. The quantitative estimate of drug-likeness (QED) is 0.327. The maximum absolute atomic E-state index is 10.5. The van der Waals surface area contributed by atoms with Crippen LogP contribution < -0.4 is 5.32 Å². The molecule has 0 fully saturated rings. The summed E-state index contributed by atoms with van der Waals surface area (Å²) in [6, 6.07) is 0. The van der Waals surface area contributed by atoms with Crippen molar-refractivity contribution in [3.05, 3.63) is 37.0 Å². The van der Waals surface area contributed by atoms with Crippen LogP contribution >= 0.6 is 0 Å². The van der Waals surface area contributed by atoms with E-state index in [0.717, 1.165) is 0 Å². The molecule has 5 nitrogen and oxygen atoms in total. The van der Waals surface area contributed by atoms with Gasteiger partial charge >= 0.3 is 5.97 Å². The molecule has 0 saturated carbocycles. The van der Waals surface area contributed by atoms with Gasteiger partial charge in [-0.3, -0.25) is 14.9 Å². The van der Waals surface area contributed by atoms with Crippen molar-refractivity contribution in [3.63, 3.8) is 0 Å². The fourth-order valence-electron chi connectivity index (χ4n) is 0.758. The van der Waals surface area contributed by atoms with Crippen LogP contribution in [-0.2, 0) is 19.1 Å². The molecule has 0 aromatic rings. The molecule has 1 aliphatic rings. The third kappa shape index (κ3) is 5.54. The molecule has 0 aromatic heterocycles. The lowest BCUT2D eigenvalue weighted by Crippen LogP contribution is -2.19. The van der Waals surface area contributed by atoms with E-state index in [1.807, 2.05) is 5.32 Å². The van der Waals surface area contributed by atoms with E-state index in [2.05, 4.69) is 17.9 Å². The van der Waals surface area contributed by atoms with Crippen LogP contribution in [0.15, 0.2) is 37.0 Å². The average Bonchev–Trinajstić information content (AvgIpc) is 2.62. The molecule has 16 heavy (non-hydrogen) atoms. The Bertz CT molecular complexity index is 339. The average molecular weight is 223 g/mol. The lowest BCUT2D eigenvalue weighted by molar-refractivity contribution is -0.136. The molecule has 1 heterocycles. The highest BCUT2D eigenvalue weighted by molar-refractivity contribution is 6.12. The van der Waals surface area contributed by atoms with Crippen LogP contribution in [0, 0.1) is 0 Å². The first kappa shape index (κ1) is 13.8. The molecular formula is C11H13NO4. The van der Waals surface area contributed by atoms with Crippen molar-refractivity contribution in [1.82, 2.24) is 5.32 Å². The van der Waals surface area contributed by atoms with Gasteiger partial charge in [-0.1, -0.05) is 12.7 Å². The van der Waals surface area contributed by atoms with Crippen molar-refractivity contribution in [1.29, 1.82) is 0 Å². The molecule has 0 atom stereocenters. The van der Waals surface area contributed by atoms with E-state index in [9.17, 15) is 14.4 Å². The van der Waals surface area contributed by atoms with Crippen LogP contribution in [0.4, 0.5) is 0 Å². The zero-order valence-corrected chi connectivity index (χ0v) is 8.99. The molecule has 0 aromatic carbocycles. The summed E-state index contributed by atoms with van der Waals surface area (Å²) >= 11 is 0. The van der Waals surface area contributed by atoms with E-state index in [0.29, 0.717) is 12.0 Å². The number of imide groups is 1. The highest BCUT2D eigenvalue weighted by Gasteiger charge is 2.06. The maximum atomic E-state index is 10.5. The Morgan fingerprint density at radius 1 is 1.44 bits per heavy atom. The lowest BCUT2D eigenvalue weighted by Gasteiger charge is -1.96. The molecule has 0 unspecified atom stereocenters. The van der Waals surface area contributed by atoms with Crippen LogP contribution in [0.1, 0.15) is 6.42 Å². The maximum Gasteiger partial charge on any atom is 0.333 e. The first-order valence-electron chi connectivity index (χ1n) is 4.41. The van der Waals surface area contributed by atoms with Gasteiger partial charge in [0.1, 0.15) is 0 Å². The normalized spacial score (nSPS) is 12.3. The molecule has 1 N–H and O–H groups in total. The Hall–Kier alpha value is -2.17. The number of ether oxygens (including phenoxy) is 1. The Labute approximate surface area is 93.5 Å². The molecular weight excluding hydrogens is 210 g/mol. The van der Waals surface area contributed by atoms with Crippen LogP contribution in [0.25, 0.3) is 0 Å². The molecule has 1 rings (SSSR count). The number of carbonyl (C=O) groups is 3. The predicted molar refractivity (Wildman–Crippen MR) is 58.3 cm³/mol. The number of esters is 1. The Kier molecular flexibility index (Phi) is 6.19. The highest BCUT2D eigenvalue weighted by Crippen LogP contribution is 1.99. The monoisotopic (exact) mass is 223 g/mol. The summed E-state index contributed by atoms with van der Waals surface area (Å²) in [5.74, 6) is -1.02. The number of hydrogen-bond donors (Lipinski definition) is 1. The fraction of sp³-hybridized carbons (Fsp3) is 0.182. The standard InChI is InChI=1S/C7H10O2.C4H3NO2/c1-4-5-6(2)7(8)9-3;6-3-1-2-4(7)5-3/h4H,1-2,5H2,3H3;1-2H,(H,5,6,7). The number of carbonyl (C=O) groups excluding carboxylic acids is 3. The summed E-state index contributed by atoms with van der Waals surface area (Å²) in [6.07, 6.45) is 4.50. The molecule has 1 aliphatic heterocycles. The summed E-state index contributed by atoms with van der Waals surface area (Å²) in [5, 5.41) is 2.03. The SMILES string of the molecule is C=CCC(=C)C(=O)OC.O=C1C=CC(=O)N1. The zero-order chi connectivity index (χ0) is 12.6. The second-order valence-electron chi connectivity index (χ2n) is 2.77. The third-order valence-corrected chi connectivity index (χ3v) is 1.50. The van der Waals surface area contributed by atoms with E-state index in [1.54, 1.807) is 6.08 Å². The summed E-state index contributed by atoms with van der Waals surface area (Å²) in [7, 11) is 1.33. The van der Waals surface area contributed by atoms with Crippen LogP contribution in [0.5, 0.6) is 0 Å². The van der Waals surface area contributed by atoms with E-state index in [-0.39, 0.29) is 17.8 Å². The number of nitrogens with one attached hydrogen (secondary N) is 1. The second kappa shape index (κ2) is 7.17. The summed E-state index contributed by atoms with van der Waals surface area (Å²) in [5.41, 5.74) is 0.438. The topological polar surface area (TPSA) is 72.5 Å². The number of methoxy groups -OCH3 is 1. The summed E-state index contributed by atoms with van der Waals surface area (Å²) < 4.78 is 4.38. The van der Waals surface area contributed by atoms with Crippen molar-refractivity contribution in [2.24, 2.45) is 0 Å². The van der Waals surface area contributed by atoms with Gasteiger partial charge < -0.3 is 4.74 Å². The molecule has 0 radical (unpaired) electrons. The largest absolute Gasteiger partial charge is 0.466 e. The lowest BCUT2D eigenvalue weighted by atomic mass is 10.2. The molecule has 0 spiro atoms. The van der Waals surface area contributed by atoms with Gasteiger partial charge in [-0.05, 0) is 6.42 Å². The van der Waals surface area contributed by atoms with Gasteiger partial charge in [-0.25, -0.2) is 4.79 Å². The smallest absolute Gasteiger partial charge is 0.333 e. The predicted octanol–water partition coefficient (Wildman–Crippen LogP) is 0.491. The molecule has 0 bridgehead atoms. The molecule has 0 saturated heterocycles. The Morgan fingerprint density at radius 3 is 2.19 bits per heavy atom. The summed E-state index contributed by atoms with van der Waals surface area (Å²) in [6.45, 7) is 6.92. The zero-order valence-electron chi connectivity index (χ0n) is 8.99. The number of hydrogen-bond acceptors (Lipinski definition) is 4. The highest BCUT2D eigenvalue weighted by atomic mass is 16.5. The third-order valence-electron chi connectivity index (χ3n) is 1.50.